The van der Waals surface area contributed by atoms with Gasteiger partial charge in [-0.15, -0.1) is 12.4 Å². The number of amides is 1. The predicted octanol–water partition coefficient (Wildman–Crippen LogP) is 2.30. The molecule has 0 fully saturated rings. The second-order valence-electron chi connectivity index (χ2n) is 5.87. The molecule has 1 aliphatic rings. The highest BCUT2D eigenvalue weighted by Gasteiger charge is 2.32. The zero-order chi connectivity index (χ0) is 16.2. The molecule has 130 valence electrons. The monoisotopic (exact) mass is 342 g/mol. The van der Waals surface area contributed by atoms with Crippen molar-refractivity contribution in [2.75, 3.05) is 20.3 Å². The fourth-order valence-corrected chi connectivity index (χ4v) is 2.80. The summed E-state index contributed by atoms with van der Waals surface area (Å²) in [6, 6.07) is 5.70. The first-order chi connectivity index (χ1) is 10.6. The maximum absolute atomic E-state index is 12.6. The number of nitrogens with one attached hydrogen (secondary N) is 1. The number of ether oxygens (including phenoxy) is 2. The van der Waals surface area contributed by atoms with Crippen molar-refractivity contribution in [3.8, 4) is 11.5 Å². The normalized spacial score (nSPS) is 16.6. The molecular formula is C17H27ClN2O3. The van der Waals surface area contributed by atoms with E-state index in [0.717, 1.165) is 29.9 Å². The highest BCUT2D eigenvalue weighted by Crippen LogP contribution is 2.31. The van der Waals surface area contributed by atoms with Gasteiger partial charge in [0.05, 0.1) is 18.6 Å². The summed E-state index contributed by atoms with van der Waals surface area (Å²) < 4.78 is 11.0. The Morgan fingerprint density at radius 2 is 2.13 bits per heavy atom. The second-order valence-corrected chi connectivity index (χ2v) is 5.87. The summed E-state index contributed by atoms with van der Waals surface area (Å²) in [6.45, 7) is 4.95. The Balaban J connectivity index is 0.00000264. The molecule has 1 aromatic carbocycles. The third-order valence-electron chi connectivity index (χ3n) is 4.68. The van der Waals surface area contributed by atoms with Gasteiger partial charge in [-0.1, -0.05) is 13.8 Å². The maximum atomic E-state index is 12.6. The summed E-state index contributed by atoms with van der Waals surface area (Å²) in [6.07, 6.45) is 2.31. The highest BCUT2D eigenvalue weighted by atomic mass is 35.5. The van der Waals surface area contributed by atoms with Crippen LogP contribution in [0.3, 0.4) is 0 Å². The van der Waals surface area contributed by atoms with Crippen LogP contribution in [0.1, 0.15) is 32.3 Å². The standard InChI is InChI=1S/C17H26N2O3.ClH/c1-4-17(5-2,11-18)19-16(20)13-8-12-9-14(21-3)6-7-15(12)22-10-13;/h6-7,9,13H,4-5,8,10-11,18H2,1-3H3,(H,19,20);1H. The summed E-state index contributed by atoms with van der Waals surface area (Å²) in [7, 11) is 1.63. The smallest absolute Gasteiger partial charge is 0.227 e. The Labute approximate surface area is 144 Å². The van der Waals surface area contributed by atoms with Crippen LogP contribution < -0.4 is 20.5 Å². The Morgan fingerprint density at radius 3 is 2.70 bits per heavy atom. The third kappa shape index (κ3) is 4.30. The molecular weight excluding hydrogens is 316 g/mol. The van der Waals surface area contributed by atoms with Gasteiger partial charge in [0.15, 0.2) is 0 Å². The van der Waals surface area contributed by atoms with Gasteiger partial charge in [-0.05, 0) is 43.0 Å². The van der Waals surface area contributed by atoms with E-state index in [0.29, 0.717) is 19.6 Å². The molecule has 23 heavy (non-hydrogen) atoms. The predicted molar refractivity (Wildman–Crippen MR) is 93.4 cm³/mol. The van der Waals surface area contributed by atoms with Crippen molar-refractivity contribution >= 4 is 18.3 Å². The van der Waals surface area contributed by atoms with Gasteiger partial charge in [0.25, 0.3) is 0 Å². The average Bonchev–Trinajstić information content (AvgIpc) is 2.58. The number of benzene rings is 1. The zero-order valence-corrected chi connectivity index (χ0v) is 14.9. The Hall–Kier alpha value is -1.46. The average molecular weight is 343 g/mol. The summed E-state index contributed by atoms with van der Waals surface area (Å²) >= 11 is 0. The lowest BCUT2D eigenvalue weighted by Gasteiger charge is -2.34. The van der Waals surface area contributed by atoms with Crippen molar-refractivity contribution in [3.05, 3.63) is 23.8 Å². The van der Waals surface area contributed by atoms with E-state index in [4.69, 9.17) is 15.2 Å². The van der Waals surface area contributed by atoms with Crippen LogP contribution in [0.15, 0.2) is 18.2 Å². The molecule has 1 atom stereocenters. The van der Waals surface area contributed by atoms with E-state index in [-0.39, 0.29) is 29.8 Å². The number of hydrogen-bond donors (Lipinski definition) is 2. The van der Waals surface area contributed by atoms with E-state index < -0.39 is 0 Å². The molecule has 0 aliphatic carbocycles. The highest BCUT2D eigenvalue weighted by molar-refractivity contribution is 5.85. The summed E-state index contributed by atoms with van der Waals surface area (Å²) in [5.74, 6) is 1.44. The molecule has 1 aliphatic heterocycles. The van der Waals surface area contributed by atoms with Crippen LogP contribution in [0.2, 0.25) is 0 Å². The fraction of sp³-hybridized carbons (Fsp3) is 0.588. The van der Waals surface area contributed by atoms with E-state index in [1.165, 1.54) is 0 Å². The van der Waals surface area contributed by atoms with E-state index in [9.17, 15) is 4.79 Å². The molecule has 0 saturated heterocycles. The summed E-state index contributed by atoms with van der Waals surface area (Å²) in [4.78, 5) is 12.6. The van der Waals surface area contributed by atoms with Crippen molar-refractivity contribution in [3.63, 3.8) is 0 Å². The quantitative estimate of drug-likeness (QED) is 0.832. The molecule has 0 radical (unpaired) electrons. The van der Waals surface area contributed by atoms with Crippen molar-refractivity contribution in [1.29, 1.82) is 0 Å². The third-order valence-corrected chi connectivity index (χ3v) is 4.68. The van der Waals surface area contributed by atoms with Gasteiger partial charge >= 0.3 is 0 Å². The molecule has 0 spiro atoms. The molecule has 1 aromatic rings. The molecule has 1 heterocycles. The SMILES string of the molecule is CCC(CC)(CN)NC(=O)C1COc2ccc(OC)cc2C1.Cl. The number of fused-ring (bicyclic) bond motifs is 1. The Morgan fingerprint density at radius 1 is 1.43 bits per heavy atom. The van der Waals surface area contributed by atoms with E-state index in [2.05, 4.69) is 5.32 Å². The Bertz CT molecular complexity index is 524. The van der Waals surface area contributed by atoms with Gasteiger partial charge in [-0.25, -0.2) is 0 Å². The fourth-order valence-electron chi connectivity index (χ4n) is 2.80. The van der Waals surface area contributed by atoms with Crippen LogP contribution in [0.25, 0.3) is 0 Å². The van der Waals surface area contributed by atoms with Gasteiger partial charge in [-0.3, -0.25) is 4.79 Å². The molecule has 5 nitrogen and oxygen atoms in total. The van der Waals surface area contributed by atoms with Crippen molar-refractivity contribution in [1.82, 2.24) is 5.32 Å². The molecule has 2 rings (SSSR count). The van der Waals surface area contributed by atoms with Gasteiger partial charge in [0.1, 0.15) is 18.1 Å². The first kappa shape index (κ1) is 19.6. The molecule has 3 N–H and O–H groups in total. The molecule has 6 heteroatoms. The van der Waals surface area contributed by atoms with Crippen molar-refractivity contribution in [2.45, 2.75) is 38.6 Å². The first-order valence-electron chi connectivity index (χ1n) is 7.89. The van der Waals surface area contributed by atoms with Gasteiger partial charge < -0.3 is 20.5 Å². The van der Waals surface area contributed by atoms with Crippen LogP contribution in [0, 0.1) is 5.92 Å². The number of halogens is 1. The number of nitrogens with two attached hydrogens (primary N) is 1. The Kier molecular flexibility index (Phi) is 7.16. The van der Waals surface area contributed by atoms with Crippen LogP contribution in [0.4, 0.5) is 0 Å². The number of methoxy groups -OCH3 is 1. The number of carbonyl (C=O) groups is 1. The van der Waals surface area contributed by atoms with Gasteiger partial charge in [0.2, 0.25) is 5.91 Å². The number of carbonyl (C=O) groups excluding carboxylic acids is 1. The van der Waals surface area contributed by atoms with Crippen LogP contribution in [0.5, 0.6) is 11.5 Å². The molecule has 0 aromatic heterocycles. The van der Waals surface area contributed by atoms with Crippen molar-refractivity contribution in [2.24, 2.45) is 11.7 Å². The summed E-state index contributed by atoms with van der Waals surface area (Å²) in [5.41, 5.74) is 6.56. The molecule has 0 bridgehead atoms. The first-order valence-corrected chi connectivity index (χ1v) is 7.89. The van der Waals surface area contributed by atoms with Crippen LogP contribution in [-0.2, 0) is 11.2 Å². The van der Waals surface area contributed by atoms with Crippen molar-refractivity contribution < 1.29 is 14.3 Å². The minimum atomic E-state index is -0.314. The number of hydrogen-bond acceptors (Lipinski definition) is 4. The second kappa shape index (κ2) is 8.41. The maximum Gasteiger partial charge on any atom is 0.227 e. The lowest BCUT2D eigenvalue weighted by Crippen LogP contribution is -2.55. The van der Waals surface area contributed by atoms with Crippen LogP contribution >= 0.6 is 12.4 Å². The number of rotatable bonds is 6. The molecule has 0 saturated carbocycles. The topological polar surface area (TPSA) is 73.6 Å². The molecule has 1 amide bonds. The lowest BCUT2D eigenvalue weighted by molar-refractivity contribution is -0.128. The minimum absolute atomic E-state index is 0. The lowest BCUT2D eigenvalue weighted by atomic mass is 9.90. The largest absolute Gasteiger partial charge is 0.497 e. The van der Waals surface area contributed by atoms with Gasteiger partial charge in [-0.2, -0.15) is 0 Å². The van der Waals surface area contributed by atoms with E-state index in [1.54, 1.807) is 7.11 Å². The van der Waals surface area contributed by atoms with Crippen LogP contribution in [-0.4, -0.2) is 31.7 Å². The summed E-state index contributed by atoms with van der Waals surface area (Å²) in [5, 5.41) is 3.13. The zero-order valence-electron chi connectivity index (χ0n) is 14.1. The van der Waals surface area contributed by atoms with E-state index >= 15 is 0 Å². The molecule has 1 unspecified atom stereocenters. The van der Waals surface area contributed by atoms with E-state index in [1.807, 2.05) is 32.0 Å². The van der Waals surface area contributed by atoms with Gasteiger partial charge in [0, 0.05) is 6.54 Å². The minimum Gasteiger partial charge on any atom is -0.497 e.